The molecule has 1 aromatic heterocycles. The Morgan fingerprint density at radius 3 is 2.96 bits per heavy atom. The van der Waals surface area contributed by atoms with Crippen molar-refractivity contribution in [2.24, 2.45) is 0 Å². The molecule has 3 rings (SSSR count). The molecule has 8 heteroatoms. The minimum atomic E-state index is -0.522. The number of hydrogen-bond acceptors (Lipinski definition) is 5. The molecule has 1 aliphatic heterocycles. The molecule has 8 nitrogen and oxygen atoms in total. The summed E-state index contributed by atoms with van der Waals surface area (Å²) < 4.78 is 6.69. The van der Waals surface area contributed by atoms with Gasteiger partial charge >= 0.3 is 5.76 Å². The van der Waals surface area contributed by atoms with E-state index in [9.17, 15) is 14.4 Å². The van der Waals surface area contributed by atoms with Gasteiger partial charge in [0.2, 0.25) is 11.8 Å². The van der Waals surface area contributed by atoms with Gasteiger partial charge in [0.15, 0.2) is 5.58 Å². The van der Waals surface area contributed by atoms with Gasteiger partial charge in [0.1, 0.15) is 6.04 Å². The first-order chi connectivity index (χ1) is 12.0. The Labute approximate surface area is 144 Å². The topological polar surface area (TPSA) is 96.6 Å². The molecule has 1 aliphatic rings. The van der Waals surface area contributed by atoms with E-state index in [1.165, 1.54) is 4.57 Å². The van der Waals surface area contributed by atoms with Crippen LogP contribution >= 0.6 is 0 Å². The van der Waals surface area contributed by atoms with Crippen LogP contribution in [0, 0.1) is 6.92 Å². The standard InChI is InChI=1S/C17H22N4O4/c1-11-3-4-14-12(9-11)21(17(24)25-14)7-5-15(22)20-8-6-19-10-13(20)16(23)18-2/h3-4,9,13,19H,5-8,10H2,1-2H3,(H,18,23)/t13-/m1/s1. The van der Waals surface area contributed by atoms with Gasteiger partial charge in [-0.2, -0.15) is 0 Å². The SMILES string of the molecule is CNC(=O)[C@H]1CNCCN1C(=O)CCn1c(=O)oc2ccc(C)cc21. The molecule has 1 aromatic carbocycles. The van der Waals surface area contributed by atoms with E-state index < -0.39 is 11.8 Å². The minimum absolute atomic E-state index is 0.135. The Morgan fingerprint density at radius 1 is 1.40 bits per heavy atom. The van der Waals surface area contributed by atoms with Crippen molar-refractivity contribution >= 4 is 22.9 Å². The van der Waals surface area contributed by atoms with Gasteiger partial charge in [-0.05, 0) is 24.6 Å². The molecule has 0 radical (unpaired) electrons. The van der Waals surface area contributed by atoms with Crippen molar-refractivity contribution in [2.75, 3.05) is 26.7 Å². The Kier molecular flexibility index (Phi) is 4.89. The summed E-state index contributed by atoms with van der Waals surface area (Å²) in [5.74, 6) is -0.817. The summed E-state index contributed by atoms with van der Waals surface area (Å²) in [6.07, 6.45) is 0.135. The van der Waals surface area contributed by atoms with Crippen LogP contribution in [-0.4, -0.2) is 54.0 Å². The zero-order chi connectivity index (χ0) is 18.0. The first-order valence-corrected chi connectivity index (χ1v) is 8.33. The van der Waals surface area contributed by atoms with E-state index in [0.29, 0.717) is 30.7 Å². The Morgan fingerprint density at radius 2 is 2.20 bits per heavy atom. The number of rotatable bonds is 4. The van der Waals surface area contributed by atoms with Crippen molar-refractivity contribution in [1.29, 1.82) is 0 Å². The van der Waals surface area contributed by atoms with Crippen LogP contribution in [0.25, 0.3) is 11.1 Å². The molecule has 0 saturated carbocycles. The summed E-state index contributed by atoms with van der Waals surface area (Å²) in [7, 11) is 1.55. The van der Waals surface area contributed by atoms with Gasteiger partial charge in [0.05, 0.1) is 5.52 Å². The fourth-order valence-electron chi connectivity index (χ4n) is 3.14. The lowest BCUT2D eigenvalue weighted by atomic mass is 10.1. The quantitative estimate of drug-likeness (QED) is 0.802. The van der Waals surface area contributed by atoms with Gasteiger partial charge in [0.25, 0.3) is 0 Å². The maximum Gasteiger partial charge on any atom is 0.419 e. The smallest absolute Gasteiger partial charge is 0.408 e. The summed E-state index contributed by atoms with van der Waals surface area (Å²) in [4.78, 5) is 38.2. The molecular formula is C17H22N4O4. The molecule has 1 fully saturated rings. The number of nitrogens with zero attached hydrogens (tertiary/aromatic N) is 2. The number of aryl methyl sites for hydroxylation is 2. The van der Waals surface area contributed by atoms with E-state index in [1.54, 1.807) is 18.0 Å². The highest BCUT2D eigenvalue weighted by atomic mass is 16.4. The summed E-state index contributed by atoms with van der Waals surface area (Å²) >= 11 is 0. The summed E-state index contributed by atoms with van der Waals surface area (Å²) in [5, 5.41) is 5.70. The number of aromatic nitrogens is 1. The van der Waals surface area contributed by atoms with E-state index in [-0.39, 0.29) is 24.8 Å². The van der Waals surface area contributed by atoms with Gasteiger partial charge < -0.3 is 20.0 Å². The fraction of sp³-hybridized carbons (Fsp3) is 0.471. The predicted octanol–water partition coefficient (Wildman–Crippen LogP) is -0.161. The maximum absolute atomic E-state index is 12.6. The largest absolute Gasteiger partial charge is 0.419 e. The zero-order valence-electron chi connectivity index (χ0n) is 14.4. The van der Waals surface area contributed by atoms with Crippen molar-refractivity contribution in [3.8, 4) is 0 Å². The third-order valence-corrected chi connectivity index (χ3v) is 4.48. The molecule has 2 N–H and O–H groups in total. The predicted molar refractivity (Wildman–Crippen MR) is 92.3 cm³/mol. The second kappa shape index (κ2) is 7.10. The van der Waals surface area contributed by atoms with Gasteiger partial charge in [0, 0.05) is 39.6 Å². The number of fused-ring (bicyclic) bond motifs is 1. The molecule has 1 atom stereocenters. The lowest BCUT2D eigenvalue weighted by Gasteiger charge is -2.35. The van der Waals surface area contributed by atoms with Gasteiger partial charge in [-0.3, -0.25) is 14.2 Å². The summed E-state index contributed by atoms with van der Waals surface area (Å²) in [6, 6.07) is 4.96. The van der Waals surface area contributed by atoms with Crippen molar-refractivity contribution in [2.45, 2.75) is 25.9 Å². The van der Waals surface area contributed by atoms with Crippen molar-refractivity contribution < 1.29 is 14.0 Å². The average Bonchev–Trinajstić information content (AvgIpc) is 2.93. The number of benzene rings is 1. The van der Waals surface area contributed by atoms with Crippen LogP contribution in [-0.2, 0) is 16.1 Å². The van der Waals surface area contributed by atoms with Crippen LogP contribution in [0.1, 0.15) is 12.0 Å². The van der Waals surface area contributed by atoms with Gasteiger partial charge in [-0.25, -0.2) is 4.79 Å². The summed E-state index contributed by atoms with van der Waals surface area (Å²) in [5.41, 5.74) is 2.20. The molecular weight excluding hydrogens is 324 g/mol. The van der Waals surface area contributed by atoms with E-state index >= 15 is 0 Å². The molecule has 2 heterocycles. The minimum Gasteiger partial charge on any atom is -0.408 e. The molecule has 1 saturated heterocycles. The van der Waals surface area contributed by atoms with Crippen molar-refractivity contribution in [1.82, 2.24) is 20.1 Å². The second-order valence-corrected chi connectivity index (χ2v) is 6.16. The van der Waals surface area contributed by atoms with Crippen LogP contribution in [0.15, 0.2) is 27.4 Å². The number of carbonyl (C=O) groups excluding carboxylic acids is 2. The van der Waals surface area contributed by atoms with E-state index in [2.05, 4.69) is 10.6 Å². The monoisotopic (exact) mass is 346 g/mol. The average molecular weight is 346 g/mol. The summed E-state index contributed by atoms with van der Waals surface area (Å²) in [6.45, 7) is 3.70. The number of carbonyl (C=O) groups is 2. The van der Waals surface area contributed by atoms with Gasteiger partial charge in [-0.1, -0.05) is 6.07 Å². The maximum atomic E-state index is 12.6. The first-order valence-electron chi connectivity index (χ1n) is 8.33. The molecule has 25 heavy (non-hydrogen) atoms. The van der Waals surface area contributed by atoms with Crippen LogP contribution in [0.5, 0.6) is 0 Å². The highest BCUT2D eigenvalue weighted by Gasteiger charge is 2.31. The van der Waals surface area contributed by atoms with Crippen molar-refractivity contribution in [3.05, 3.63) is 34.3 Å². The van der Waals surface area contributed by atoms with Crippen LogP contribution < -0.4 is 16.4 Å². The van der Waals surface area contributed by atoms with Crippen LogP contribution in [0.2, 0.25) is 0 Å². The van der Waals surface area contributed by atoms with Gasteiger partial charge in [-0.15, -0.1) is 0 Å². The van der Waals surface area contributed by atoms with Crippen molar-refractivity contribution in [3.63, 3.8) is 0 Å². The highest BCUT2D eigenvalue weighted by Crippen LogP contribution is 2.15. The van der Waals surface area contributed by atoms with E-state index in [1.807, 2.05) is 19.1 Å². The molecule has 0 unspecified atom stereocenters. The lowest BCUT2D eigenvalue weighted by molar-refractivity contribution is -0.141. The Hall–Kier alpha value is -2.61. The highest BCUT2D eigenvalue weighted by molar-refractivity contribution is 5.88. The lowest BCUT2D eigenvalue weighted by Crippen LogP contribution is -2.59. The zero-order valence-corrected chi connectivity index (χ0v) is 14.4. The van der Waals surface area contributed by atoms with E-state index in [0.717, 1.165) is 5.56 Å². The normalized spacial score (nSPS) is 17.7. The second-order valence-electron chi connectivity index (χ2n) is 6.16. The number of likely N-dealkylation sites (N-methyl/N-ethyl adjacent to an activating group) is 1. The van der Waals surface area contributed by atoms with Crippen LogP contribution in [0.3, 0.4) is 0 Å². The van der Waals surface area contributed by atoms with Crippen LogP contribution in [0.4, 0.5) is 0 Å². The van der Waals surface area contributed by atoms with E-state index in [4.69, 9.17) is 4.42 Å². The number of oxazole rings is 1. The molecule has 0 spiro atoms. The number of nitrogens with one attached hydrogen (secondary N) is 2. The molecule has 0 aliphatic carbocycles. The number of amides is 2. The molecule has 0 bridgehead atoms. The third kappa shape index (κ3) is 3.43. The molecule has 2 amide bonds. The first kappa shape index (κ1) is 17.2. The fourth-order valence-corrected chi connectivity index (χ4v) is 3.14. The number of hydrogen-bond donors (Lipinski definition) is 2. The molecule has 2 aromatic rings. The third-order valence-electron chi connectivity index (χ3n) is 4.48. The molecule has 134 valence electrons. The number of piperazine rings is 1. The Balaban J connectivity index is 1.76. The Bertz CT molecular complexity index is 854.